The number of nitrogens with one attached hydrogen (secondary N) is 1. The zero-order chi connectivity index (χ0) is 18.2. The summed E-state index contributed by atoms with van der Waals surface area (Å²) in [5, 5.41) is 2.12. The molecule has 2 fully saturated rings. The van der Waals surface area contributed by atoms with Gasteiger partial charge >= 0.3 is 11.8 Å². The van der Waals surface area contributed by atoms with Crippen LogP contribution in [0.3, 0.4) is 0 Å². The Hall–Kier alpha value is -2.51. The van der Waals surface area contributed by atoms with Crippen LogP contribution in [-0.2, 0) is 14.4 Å². The van der Waals surface area contributed by atoms with Crippen molar-refractivity contribution in [1.82, 2.24) is 9.80 Å². The molecule has 134 valence electrons. The van der Waals surface area contributed by atoms with Gasteiger partial charge in [0.1, 0.15) is 0 Å². The van der Waals surface area contributed by atoms with E-state index in [4.69, 9.17) is 0 Å². The fourth-order valence-corrected chi connectivity index (χ4v) is 3.68. The number of carbonyl (C=O) groups excluding carboxylic acids is 3. The summed E-state index contributed by atoms with van der Waals surface area (Å²) in [5.74, 6) is -4.10. The molecule has 1 unspecified atom stereocenters. The molecular weight excluding hydrogens is 332 g/mol. The molecule has 2 aliphatic rings. The first-order valence-electron chi connectivity index (χ1n) is 8.10. The summed E-state index contributed by atoms with van der Waals surface area (Å²) in [6.45, 7) is 1.26. The topological polar surface area (TPSA) is 69.7 Å². The molecular formula is C17H19F2N3O3. The Morgan fingerprint density at radius 3 is 2.68 bits per heavy atom. The molecule has 2 saturated heterocycles. The van der Waals surface area contributed by atoms with E-state index in [1.807, 2.05) is 0 Å². The lowest BCUT2D eigenvalue weighted by atomic mass is 9.79. The second-order valence-corrected chi connectivity index (χ2v) is 6.81. The van der Waals surface area contributed by atoms with E-state index < -0.39 is 23.4 Å². The average molecular weight is 351 g/mol. The maximum Gasteiger partial charge on any atom is 0.313 e. The number of likely N-dealkylation sites (tertiary alicyclic amines) is 2. The molecule has 3 amide bonds. The van der Waals surface area contributed by atoms with Crippen LogP contribution in [0.5, 0.6) is 0 Å². The Morgan fingerprint density at radius 1 is 1.24 bits per heavy atom. The van der Waals surface area contributed by atoms with E-state index in [-0.39, 0.29) is 17.0 Å². The summed E-state index contributed by atoms with van der Waals surface area (Å²) in [5.41, 5.74) is -0.703. The van der Waals surface area contributed by atoms with E-state index in [1.165, 1.54) is 17.0 Å². The molecule has 25 heavy (non-hydrogen) atoms. The number of piperidine rings is 1. The third-order valence-electron chi connectivity index (χ3n) is 4.87. The number of halogens is 2. The number of carbonyl (C=O) groups is 3. The smallest absolute Gasteiger partial charge is 0.313 e. The minimum atomic E-state index is -1.21. The van der Waals surface area contributed by atoms with Gasteiger partial charge in [-0.2, -0.15) is 0 Å². The summed E-state index contributed by atoms with van der Waals surface area (Å²) < 4.78 is 26.8. The number of hydrogen-bond acceptors (Lipinski definition) is 3. The quantitative estimate of drug-likeness (QED) is 0.777. The van der Waals surface area contributed by atoms with Gasteiger partial charge in [0.05, 0.1) is 5.69 Å². The van der Waals surface area contributed by atoms with Crippen molar-refractivity contribution in [3.8, 4) is 0 Å². The highest BCUT2D eigenvalue weighted by Gasteiger charge is 2.45. The molecule has 6 nitrogen and oxygen atoms in total. The van der Waals surface area contributed by atoms with Crippen LogP contribution >= 0.6 is 0 Å². The molecule has 3 rings (SSSR count). The van der Waals surface area contributed by atoms with Crippen molar-refractivity contribution in [1.29, 1.82) is 0 Å². The molecule has 1 aromatic rings. The standard InChI is InChI=1S/C17H19F2N3O3/c1-21-9-17(8-13(21)23)6-3-7-22(10-17)16(25)15(24)20-12-5-2-4-11(18)14(12)19/h2,4-5H,3,6-10H2,1H3,(H,20,24). The Balaban J connectivity index is 1.69. The first-order chi connectivity index (χ1) is 11.8. The number of hydrogen-bond donors (Lipinski definition) is 1. The Morgan fingerprint density at radius 2 is 2.00 bits per heavy atom. The normalized spacial score (nSPS) is 23.2. The van der Waals surface area contributed by atoms with Gasteiger partial charge in [-0.1, -0.05) is 6.07 Å². The van der Waals surface area contributed by atoms with E-state index in [2.05, 4.69) is 5.32 Å². The van der Waals surface area contributed by atoms with Gasteiger partial charge in [0, 0.05) is 38.5 Å². The highest BCUT2D eigenvalue weighted by Crippen LogP contribution is 2.39. The van der Waals surface area contributed by atoms with Gasteiger partial charge in [-0.05, 0) is 25.0 Å². The summed E-state index contributed by atoms with van der Waals surface area (Å²) in [6.07, 6.45) is 1.86. The maximum absolute atomic E-state index is 13.6. The minimum Gasteiger partial charge on any atom is -0.345 e. The van der Waals surface area contributed by atoms with Gasteiger partial charge in [0.15, 0.2) is 11.6 Å². The molecule has 0 bridgehead atoms. The van der Waals surface area contributed by atoms with Crippen LogP contribution in [-0.4, -0.2) is 54.2 Å². The molecule has 1 N–H and O–H groups in total. The lowest BCUT2D eigenvalue weighted by Gasteiger charge is -2.39. The summed E-state index contributed by atoms with van der Waals surface area (Å²) >= 11 is 0. The van der Waals surface area contributed by atoms with Crippen LogP contribution in [0.1, 0.15) is 19.3 Å². The van der Waals surface area contributed by atoms with Crippen molar-refractivity contribution in [3.05, 3.63) is 29.8 Å². The fourth-order valence-electron chi connectivity index (χ4n) is 3.68. The monoisotopic (exact) mass is 351 g/mol. The predicted octanol–water partition coefficient (Wildman–Crippen LogP) is 1.37. The second kappa shape index (κ2) is 6.42. The van der Waals surface area contributed by atoms with Crippen LogP contribution < -0.4 is 5.32 Å². The largest absolute Gasteiger partial charge is 0.345 e. The predicted molar refractivity (Wildman–Crippen MR) is 85.5 cm³/mol. The van der Waals surface area contributed by atoms with Crippen molar-refractivity contribution in [3.63, 3.8) is 0 Å². The van der Waals surface area contributed by atoms with Crippen LogP contribution in [0, 0.1) is 17.0 Å². The molecule has 1 spiro atoms. The van der Waals surface area contributed by atoms with Crippen LogP contribution in [0.15, 0.2) is 18.2 Å². The molecule has 0 aliphatic carbocycles. The summed E-state index contributed by atoms with van der Waals surface area (Å²) in [7, 11) is 1.72. The van der Waals surface area contributed by atoms with Crippen LogP contribution in [0.2, 0.25) is 0 Å². The number of anilines is 1. The van der Waals surface area contributed by atoms with Gasteiger partial charge in [-0.25, -0.2) is 8.78 Å². The summed E-state index contributed by atoms with van der Waals surface area (Å²) in [4.78, 5) is 39.4. The van der Waals surface area contributed by atoms with Gasteiger partial charge in [0.2, 0.25) is 5.91 Å². The lowest BCUT2D eigenvalue weighted by molar-refractivity contribution is -0.145. The van der Waals surface area contributed by atoms with Crippen LogP contribution in [0.4, 0.5) is 14.5 Å². The molecule has 0 aromatic heterocycles. The highest BCUT2D eigenvalue weighted by molar-refractivity contribution is 6.39. The zero-order valence-electron chi connectivity index (χ0n) is 13.8. The van der Waals surface area contributed by atoms with Gasteiger partial charge in [-0.15, -0.1) is 0 Å². The van der Waals surface area contributed by atoms with Gasteiger partial charge in [0.25, 0.3) is 0 Å². The molecule has 2 heterocycles. The third-order valence-corrected chi connectivity index (χ3v) is 4.87. The van der Waals surface area contributed by atoms with Crippen molar-refractivity contribution in [2.24, 2.45) is 5.41 Å². The van der Waals surface area contributed by atoms with E-state index >= 15 is 0 Å². The molecule has 8 heteroatoms. The number of amides is 3. The molecule has 2 aliphatic heterocycles. The second-order valence-electron chi connectivity index (χ2n) is 6.81. The van der Waals surface area contributed by atoms with E-state index in [9.17, 15) is 23.2 Å². The minimum absolute atomic E-state index is 0.0283. The third kappa shape index (κ3) is 3.33. The van der Waals surface area contributed by atoms with E-state index in [0.717, 1.165) is 12.5 Å². The van der Waals surface area contributed by atoms with Gasteiger partial charge in [-0.3, -0.25) is 14.4 Å². The van der Waals surface area contributed by atoms with E-state index in [0.29, 0.717) is 32.5 Å². The molecule has 0 radical (unpaired) electrons. The Bertz CT molecular complexity index is 740. The van der Waals surface area contributed by atoms with Crippen molar-refractivity contribution < 1.29 is 23.2 Å². The molecule has 0 saturated carbocycles. The first kappa shape index (κ1) is 17.3. The number of benzene rings is 1. The maximum atomic E-state index is 13.6. The van der Waals surface area contributed by atoms with Gasteiger partial charge < -0.3 is 15.1 Å². The van der Waals surface area contributed by atoms with Crippen molar-refractivity contribution >= 4 is 23.4 Å². The molecule has 1 atom stereocenters. The molecule has 1 aromatic carbocycles. The van der Waals surface area contributed by atoms with Crippen LogP contribution in [0.25, 0.3) is 0 Å². The van der Waals surface area contributed by atoms with E-state index in [1.54, 1.807) is 11.9 Å². The highest BCUT2D eigenvalue weighted by atomic mass is 19.2. The van der Waals surface area contributed by atoms with Crippen molar-refractivity contribution in [2.75, 3.05) is 32.0 Å². The Labute approximate surface area is 143 Å². The fraction of sp³-hybridized carbons (Fsp3) is 0.471. The SMILES string of the molecule is CN1CC2(CCCN(C(=O)C(=O)Nc3cccc(F)c3F)C2)CC1=O. The number of rotatable bonds is 1. The number of nitrogens with zero attached hydrogens (tertiary/aromatic N) is 2. The zero-order valence-corrected chi connectivity index (χ0v) is 13.8. The average Bonchev–Trinajstić information content (AvgIpc) is 2.84. The first-order valence-corrected chi connectivity index (χ1v) is 8.10. The lowest BCUT2D eigenvalue weighted by Crippen LogP contribution is -2.50. The Kier molecular flexibility index (Phi) is 4.45. The summed E-state index contributed by atoms with van der Waals surface area (Å²) in [6, 6.07) is 3.36. The van der Waals surface area contributed by atoms with Crippen molar-refractivity contribution in [2.45, 2.75) is 19.3 Å².